The maximum atomic E-state index is 5.62. The lowest BCUT2D eigenvalue weighted by Gasteiger charge is -2.06. The monoisotopic (exact) mass is 264 g/mol. The summed E-state index contributed by atoms with van der Waals surface area (Å²) in [7, 11) is 3.63. The summed E-state index contributed by atoms with van der Waals surface area (Å²) in [6.07, 6.45) is 0. The van der Waals surface area contributed by atoms with Crippen LogP contribution in [0.2, 0.25) is 0 Å². The molecule has 0 saturated carbocycles. The van der Waals surface area contributed by atoms with Crippen molar-refractivity contribution >= 4 is 0 Å². The van der Waals surface area contributed by atoms with Crippen LogP contribution in [0.15, 0.2) is 60.7 Å². The van der Waals surface area contributed by atoms with E-state index in [-0.39, 0.29) is 0 Å². The zero-order chi connectivity index (χ0) is 13.9. The van der Waals surface area contributed by atoms with Crippen molar-refractivity contribution < 1.29 is 4.74 Å². The zero-order valence-electron chi connectivity index (χ0n) is 11.6. The summed E-state index contributed by atoms with van der Waals surface area (Å²) in [5.74, 6) is 0.810. The lowest BCUT2D eigenvalue weighted by molar-refractivity contribution is 0.417. The number of hydrogen-bond donors (Lipinski definition) is 0. The summed E-state index contributed by atoms with van der Waals surface area (Å²) in [5.41, 5.74) is 4.02. The Balaban J connectivity index is 2.21. The average Bonchev–Trinajstić information content (AvgIpc) is 2.85. The zero-order valence-corrected chi connectivity index (χ0v) is 11.6. The number of benzene rings is 2. The molecule has 0 fully saturated rings. The molecule has 2 aromatic carbocycles. The molecule has 20 heavy (non-hydrogen) atoms. The summed E-state index contributed by atoms with van der Waals surface area (Å²) in [4.78, 5) is 0. The number of hydrogen-bond acceptors (Lipinski definition) is 2. The van der Waals surface area contributed by atoms with Gasteiger partial charge in [0.15, 0.2) is 5.75 Å². The first-order valence-corrected chi connectivity index (χ1v) is 6.53. The average molecular weight is 264 g/mol. The Hall–Kier alpha value is -2.55. The van der Waals surface area contributed by atoms with Gasteiger partial charge in [0, 0.05) is 18.2 Å². The molecule has 0 radical (unpaired) electrons. The van der Waals surface area contributed by atoms with Gasteiger partial charge in [0.25, 0.3) is 0 Å². The molecule has 0 unspecified atom stereocenters. The van der Waals surface area contributed by atoms with Gasteiger partial charge in [0.2, 0.25) is 0 Å². The lowest BCUT2D eigenvalue weighted by Crippen LogP contribution is -1.94. The highest BCUT2D eigenvalue weighted by molar-refractivity contribution is 5.78. The van der Waals surface area contributed by atoms with Crippen LogP contribution in [-0.4, -0.2) is 16.9 Å². The molecule has 0 saturated heterocycles. The van der Waals surface area contributed by atoms with Gasteiger partial charge in [-0.25, -0.2) is 0 Å². The number of ether oxygens (including phenoxy) is 1. The van der Waals surface area contributed by atoms with Crippen LogP contribution in [0, 0.1) is 0 Å². The molecule has 0 aliphatic carbocycles. The minimum atomic E-state index is 0.810. The van der Waals surface area contributed by atoms with Gasteiger partial charge >= 0.3 is 0 Å². The van der Waals surface area contributed by atoms with E-state index in [0.717, 1.165) is 28.3 Å². The van der Waals surface area contributed by atoms with Crippen molar-refractivity contribution in [2.75, 3.05) is 7.11 Å². The Kier molecular flexibility index (Phi) is 3.25. The molecule has 3 nitrogen and oxygen atoms in total. The first-order chi connectivity index (χ1) is 9.81. The van der Waals surface area contributed by atoms with Crippen molar-refractivity contribution in [1.29, 1.82) is 0 Å². The van der Waals surface area contributed by atoms with Crippen molar-refractivity contribution in [2.24, 2.45) is 7.05 Å². The van der Waals surface area contributed by atoms with E-state index in [1.54, 1.807) is 7.11 Å². The Morgan fingerprint density at radius 1 is 0.850 bits per heavy atom. The summed E-state index contributed by atoms with van der Waals surface area (Å²) < 4.78 is 7.49. The number of aryl methyl sites for hydroxylation is 1. The van der Waals surface area contributed by atoms with Crippen LogP contribution in [-0.2, 0) is 7.05 Å². The van der Waals surface area contributed by atoms with Gasteiger partial charge in [-0.2, -0.15) is 5.10 Å². The summed E-state index contributed by atoms with van der Waals surface area (Å²) in [6, 6.07) is 20.3. The van der Waals surface area contributed by atoms with Gasteiger partial charge in [0.1, 0.15) is 11.4 Å². The highest BCUT2D eigenvalue weighted by Crippen LogP contribution is 2.37. The van der Waals surface area contributed by atoms with Crippen LogP contribution in [0.1, 0.15) is 0 Å². The molecule has 0 amide bonds. The molecular formula is C17H16N2O. The molecular weight excluding hydrogens is 248 g/mol. The number of nitrogens with zero attached hydrogens (tertiary/aromatic N) is 2. The SMILES string of the molecule is COc1c(-c2ccccc2)nn(C)c1-c1ccccc1. The highest BCUT2D eigenvalue weighted by Gasteiger charge is 2.19. The molecule has 0 bridgehead atoms. The second-order valence-corrected chi connectivity index (χ2v) is 4.59. The molecule has 3 rings (SSSR count). The van der Waals surface area contributed by atoms with E-state index in [9.17, 15) is 0 Å². The highest BCUT2D eigenvalue weighted by atomic mass is 16.5. The third-order valence-corrected chi connectivity index (χ3v) is 3.30. The van der Waals surface area contributed by atoms with Crippen molar-refractivity contribution in [3.05, 3.63) is 60.7 Å². The minimum absolute atomic E-state index is 0.810. The molecule has 0 aliphatic heterocycles. The Bertz CT molecular complexity index is 703. The predicted molar refractivity (Wildman–Crippen MR) is 80.6 cm³/mol. The van der Waals surface area contributed by atoms with Crippen LogP contribution >= 0.6 is 0 Å². The normalized spacial score (nSPS) is 10.5. The molecule has 0 spiro atoms. The second kappa shape index (κ2) is 5.21. The van der Waals surface area contributed by atoms with Crippen LogP contribution in [0.4, 0.5) is 0 Å². The topological polar surface area (TPSA) is 27.1 Å². The van der Waals surface area contributed by atoms with Crippen molar-refractivity contribution in [3.63, 3.8) is 0 Å². The van der Waals surface area contributed by atoms with Crippen molar-refractivity contribution in [1.82, 2.24) is 9.78 Å². The van der Waals surface area contributed by atoms with Crippen molar-refractivity contribution in [2.45, 2.75) is 0 Å². The first-order valence-electron chi connectivity index (χ1n) is 6.53. The van der Waals surface area contributed by atoms with Gasteiger partial charge in [-0.05, 0) is 0 Å². The molecule has 3 heteroatoms. The Morgan fingerprint density at radius 2 is 1.40 bits per heavy atom. The molecule has 0 N–H and O–H groups in total. The van der Waals surface area contributed by atoms with E-state index in [4.69, 9.17) is 4.74 Å². The van der Waals surface area contributed by atoms with Crippen LogP contribution in [0.3, 0.4) is 0 Å². The van der Waals surface area contributed by atoms with Gasteiger partial charge < -0.3 is 4.74 Å². The number of rotatable bonds is 3. The van der Waals surface area contributed by atoms with E-state index >= 15 is 0 Å². The smallest absolute Gasteiger partial charge is 0.172 e. The van der Waals surface area contributed by atoms with Gasteiger partial charge in [-0.15, -0.1) is 0 Å². The minimum Gasteiger partial charge on any atom is -0.492 e. The molecule has 0 atom stereocenters. The molecule has 100 valence electrons. The lowest BCUT2D eigenvalue weighted by atomic mass is 10.1. The fourth-order valence-electron chi connectivity index (χ4n) is 2.40. The molecule has 1 aromatic heterocycles. The molecule has 1 heterocycles. The maximum absolute atomic E-state index is 5.62. The van der Waals surface area contributed by atoms with Crippen molar-refractivity contribution in [3.8, 4) is 28.3 Å². The summed E-state index contributed by atoms with van der Waals surface area (Å²) >= 11 is 0. The van der Waals surface area contributed by atoms with Gasteiger partial charge in [0.05, 0.1) is 7.11 Å². The van der Waals surface area contributed by atoms with E-state index in [1.807, 2.05) is 60.3 Å². The third-order valence-electron chi connectivity index (χ3n) is 3.30. The molecule has 3 aromatic rings. The fourth-order valence-corrected chi connectivity index (χ4v) is 2.40. The quantitative estimate of drug-likeness (QED) is 0.720. The van der Waals surface area contributed by atoms with E-state index < -0.39 is 0 Å². The summed E-state index contributed by atoms with van der Waals surface area (Å²) in [6.45, 7) is 0. The third kappa shape index (κ3) is 2.07. The van der Waals surface area contributed by atoms with Crippen LogP contribution in [0.25, 0.3) is 22.5 Å². The van der Waals surface area contributed by atoms with Gasteiger partial charge in [-0.3, -0.25) is 4.68 Å². The predicted octanol–water partition coefficient (Wildman–Crippen LogP) is 3.76. The Labute approximate surface area is 118 Å². The van der Waals surface area contributed by atoms with E-state index in [2.05, 4.69) is 17.2 Å². The first kappa shape index (κ1) is 12.5. The van der Waals surface area contributed by atoms with Gasteiger partial charge in [-0.1, -0.05) is 60.7 Å². The number of methoxy groups -OCH3 is 1. The van der Waals surface area contributed by atoms with Crippen LogP contribution < -0.4 is 4.74 Å². The summed E-state index contributed by atoms with van der Waals surface area (Å²) in [5, 5.41) is 4.62. The standard InChI is InChI=1S/C17H16N2O/c1-19-16(14-11-7-4-8-12-14)17(20-2)15(18-19)13-9-5-3-6-10-13/h3-12H,1-2H3. The maximum Gasteiger partial charge on any atom is 0.172 e. The van der Waals surface area contributed by atoms with E-state index in [0.29, 0.717) is 0 Å². The van der Waals surface area contributed by atoms with Crippen LogP contribution in [0.5, 0.6) is 5.75 Å². The van der Waals surface area contributed by atoms with E-state index in [1.165, 1.54) is 0 Å². The fraction of sp³-hybridized carbons (Fsp3) is 0.118. The Morgan fingerprint density at radius 3 is 1.95 bits per heavy atom. The largest absolute Gasteiger partial charge is 0.492 e. The molecule has 0 aliphatic rings. The second-order valence-electron chi connectivity index (χ2n) is 4.59. The number of aromatic nitrogens is 2.